The number of primary amides is 1. The number of rotatable bonds is 11. The summed E-state index contributed by atoms with van der Waals surface area (Å²) in [6, 6.07) is 3.15. The van der Waals surface area contributed by atoms with E-state index in [4.69, 9.17) is 15.2 Å². The Morgan fingerprint density at radius 2 is 1.85 bits per heavy atom. The standard InChI is InChI=1S/C22H25N3O7S/c1-3-7-31-20(28)12-5-6-14(18(23)26)15(9-12)25-19(27)16-10-13(11-24-16)17(22(30)33)21(29)32-8-4-2/h3-6,9,13,16-17,24H,1-2,7-8,10-11H2,(H2,23,26)(H,25,27)(H,30,33). The largest absolute Gasteiger partial charge is 0.461 e. The minimum Gasteiger partial charge on any atom is -0.461 e. The molecule has 10 nitrogen and oxygen atoms in total. The van der Waals surface area contributed by atoms with Crippen LogP contribution in [-0.4, -0.2) is 54.7 Å². The molecule has 1 fully saturated rings. The quantitative estimate of drug-likeness (QED) is 0.159. The van der Waals surface area contributed by atoms with Gasteiger partial charge in [-0.3, -0.25) is 19.2 Å². The van der Waals surface area contributed by atoms with Crippen LogP contribution in [-0.2, 0) is 23.9 Å². The highest BCUT2D eigenvalue weighted by Gasteiger charge is 2.41. The van der Waals surface area contributed by atoms with E-state index in [1.54, 1.807) is 0 Å². The van der Waals surface area contributed by atoms with Crippen LogP contribution in [0.3, 0.4) is 0 Å². The highest BCUT2D eigenvalue weighted by molar-refractivity contribution is 7.96. The van der Waals surface area contributed by atoms with E-state index in [0.717, 1.165) is 0 Å². The molecular formula is C22H25N3O7S. The molecular weight excluding hydrogens is 450 g/mol. The van der Waals surface area contributed by atoms with Crippen molar-refractivity contribution in [1.82, 2.24) is 5.32 Å². The fraction of sp³-hybridized carbons (Fsp3) is 0.318. The lowest BCUT2D eigenvalue weighted by atomic mass is 9.90. The lowest BCUT2D eigenvalue weighted by Gasteiger charge is -2.18. The van der Waals surface area contributed by atoms with Crippen LogP contribution < -0.4 is 16.4 Å². The second-order valence-electron chi connectivity index (χ2n) is 7.19. The molecule has 2 amide bonds. The van der Waals surface area contributed by atoms with Gasteiger partial charge >= 0.3 is 11.9 Å². The van der Waals surface area contributed by atoms with Gasteiger partial charge < -0.3 is 25.8 Å². The number of amides is 2. The Hall–Kier alpha value is -3.44. The first kappa shape index (κ1) is 25.8. The number of hydrogen-bond acceptors (Lipinski definition) is 8. The van der Waals surface area contributed by atoms with E-state index in [2.05, 4.69) is 36.4 Å². The first-order valence-corrected chi connectivity index (χ1v) is 10.4. The third kappa shape index (κ3) is 6.77. The van der Waals surface area contributed by atoms with Crippen molar-refractivity contribution in [3.8, 4) is 0 Å². The molecule has 3 unspecified atom stereocenters. The van der Waals surface area contributed by atoms with Crippen molar-refractivity contribution in [3.63, 3.8) is 0 Å². The highest BCUT2D eigenvalue weighted by atomic mass is 32.1. The molecule has 1 aliphatic rings. The number of esters is 2. The fourth-order valence-electron chi connectivity index (χ4n) is 3.37. The van der Waals surface area contributed by atoms with Gasteiger partial charge in [-0.25, -0.2) is 4.79 Å². The monoisotopic (exact) mass is 475 g/mol. The van der Waals surface area contributed by atoms with E-state index in [1.165, 1.54) is 30.4 Å². The average molecular weight is 476 g/mol. The Bertz CT molecular complexity index is 979. The molecule has 0 bridgehead atoms. The first-order chi connectivity index (χ1) is 15.7. The Balaban J connectivity index is 2.16. The SMILES string of the molecule is C=CCOC(=O)c1ccc(C(N)=O)c(NC(=O)C2CC(C(C(=O)S)C(=O)OCC=C)CN2)c1. The van der Waals surface area contributed by atoms with Gasteiger partial charge in [0.1, 0.15) is 19.1 Å². The summed E-state index contributed by atoms with van der Waals surface area (Å²) in [6.07, 6.45) is 2.91. The molecule has 1 aliphatic heterocycles. The predicted octanol–water partition coefficient (Wildman–Crippen LogP) is 0.847. The van der Waals surface area contributed by atoms with Gasteiger partial charge in [-0.05, 0) is 30.5 Å². The zero-order valence-electron chi connectivity index (χ0n) is 17.7. The van der Waals surface area contributed by atoms with Crippen molar-refractivity contribution >= 4 is 47.2 Å². The van der Waals surface area contributed by atoms with Gasteiger partial charge in [0.2, 0.25) is 5.91 Å². The van der Waals surface area contributed by atoms with Crippen LogP contribution in [0.4, 0.5) is 5.69 Å². The van der Waals surface area contributed by atoms with E-state index < -0.39 is 46.7 Å². The third-order valence-corrected chi connectivity index (χ3v) is 5.21. The van der Waals surface area contributed by atoms with Crippen LogP contribution in [0, 0.1) is 11.8 Å². The maximum Gasteiger partial charge on any atom is 0.338 e. The van der Waals surface area contributed by atoms with Gasteiger partial charge in [-0.2, -0.15) is 0 Å². The summed E-state index contributed by atoms with van der Waals surface area (Å²) < 4.78 is 9.93. The normalized spacial score (nSPS) is 18.0. The highest BCUT2D eigenvalue weighted by Crippen LogP contribution is 2.27. The zero-order valence-corrected chi connectivity index (χ0v) is 18.6. The number of nitrogens with two attached hydrogens (primary N) is 1. The number of anilines is 1. The Morgan fingerprint density at radius 1 is 1.18 bits per heavy atom. The first-order valence-electron chi connectivity index (χ1n) is 9.96. The third-order valence-electron chi connectivity index (χ3n) is 4.93. The number of ether oxygens (including phenoxy) is 2. The van der Waals surface area contributed by atoms with Crippen LogP contribution >= 0.6 is 12.6 Å². The molecule has 0 spiro atoms. The molecule has 1 heterocycles. The number of nitrogens with one attached hydrogen (secondary N) is 2. The molecule has 0 saturated carbocycles. The number of carbonyl (C=O) groups excluding carboxylic acids is 5. The van der Waals surface area contributed by atoms with Gasteiger partial charge in [0.05, 0.1) is 22.9 Å². The van der Waals surface area contributed by atoms with Gasteiger partial charge in [-0.1, -0.05) is 25.3 Å². The van der Waals surface area contributed by atoms with E-state index >= 15 is 0 Å². The summed E-state index contributed by atoms with van der Waals surface area (Å²) >= 11 is 3.79. The van der Waals surface area contributed by atoms with Crippen LogP contribution in [0.2, 0.25) is 0 Å². The summed E-state index contributed by atoms with van der Waals surface area (Å²) in [4.78, 5) is 60.8. The van der Waals surface area contributed by atoms with E-state index in [0.29, 0.717) is 0 Å². The topological polar surface area (TPSA) is 154 Å². The summed E-state index contributed by atoms with van der Waals surface area (Å²) in [7, 11) is 0. The van der Waals surface area contributed by atoms with Crippen molar-refractivity contribution < 1.29 is 33.4 Å². The Kier molecular flexibility index (Phi) is 9.37. The molecule has 0 aromatic heterocycles. The number of benzene rings is 1. The molecule has 0 aliphatic carbocycles. The smallest absolute Gasteiger partial charge is 0.338 e. The average Bonchev–Trinajstić information content (AvgIpc) is 3.25. The maximum absolute atomic E-state index is 12.8. The van der Waals surface area contributed by atoms with Gasteiger partial charge in [0.25, 0.3) is 5.91 Å². The summed E-state index contributed by atoms with van der Waals surface area (Å²) in [6.45, 7) is 7.03. The minimum atomic E-state index is -1.15. The Labute approximate surface area is 196 Å². The molecule has 176 valence electrons. The summed E-state index contributed by atoms with van der Waals surface area (Å²) in [5.74, 6) is -4.44. The van der Waals surface area contributed by atoms with E-state index in [-0.39, 0.29) is 43.0 Å². The van der Waals surface area contributed by atoms with Gasteiger partial charge in [-0.15, -0.1) is 12.6 Å². The van der Waals surface area contributed by atoms with Gasteiger partial charge in [0.15, 0.2) is 5.12 Å². The van der Waals surface area contributed by atoms with Crippen molar-refractivity contribution in [2.75, 3.05) is 25.1 Å². The lowest BCUT2D eigenvalue weighted by Crippen LogP contribution is -2.36. The summed E-state index contributed by atoms with van der Waals surface area (Å²) in [5, 5.41) is 4.85. The lowest BCUT2D eigenvalue weighted by molar-refractivity contribution is -0.151. The molecule has 1 saturated heterocycles. The fourth-order valence-corrected chi connectivity index (χ4v) is 3.69. The second kappa shape index (κ2) is 12.0. The number of hydrogen-bond donors (Lipinski definition) is 4. The molecule has 11 heteroatoms. The molecule has 33 heavy (non-hydrogen) atoms. The summed E-state index contributed by atoms with van der Waals surface area (Å²) in [5.41, 5.74) is 5.50. The molecule has 2 rings (SSSR count). The van der Waals surface area contributed by atoms with Crippen molar-refractivity contribution in [1.29, 1.82) is 0 Å². The number of thiol groups is 1. The van der Waals surface area contributed by atoms with Crippen LogP contribution in [0.15, 0.2) is 43.5 Å². The maximum atomic E-state index is 12.8. The molecule has 1 aromatic rings. The van der Waals surface area contributed by atoms with Crippen molar-refractivity contribution in [2.45, 2.75) is 12.5 Å². The molecule has 1 aromatic carbocycles. The second-order valence-corrected chi connectivity index (χ2v) is 7.63. The van der Waals surface area contributed by atoms with E-state index in [1.807, 2.05) is 0 Å². The number of carbonyl (C=O) groups is 5. The molecule has 0 radical (unpaired) electrons. The van der Waals surface area contributed by atoms with Crippen LogP contribution in [0.25, 0.3) is 0 Å². The van der Waals surface area contributed by atoms with Crippen molar-refractivity contribution in [2.24, 2.45) is 17.6 Å². The predicted molar refractivity (Wildman–Crippen MR) is 123 cm³/mol. The molecule has 3 atom stereocenters. The molecule has 4 N–H and O–H groups in total. The van der Waals surface area contributed by atoms with Crippen LogP contribution in [0.1, 0.15) is 27.1 Å². The zero-order chi connectivity index (χ0) is 24.5. The van der Waals surface area contributed by atoms with Crippen LogP contribution in [0.5, 0.6) is 0 Å². The van der Waals surface area contributed by atoms with Crippen molar-refractivity contribution in [3.05, 3.63) is 54.6 Å². The Morgan fingerprint density at radius 3 is 2.45 bits per heavy atom. The van der Waals surface area contributed by atoms with Gasteiger partial charge in [0, 0.05) is 6.54 Å². The van der Waals surface area contributed by atoms with E-state index in [9.17, 15) is 24.0 Å². The minimum absolute atomic E-state index is 0.00502.